The molecular formula is C26H30FN5O4. The number of amides is 1. The Morgan fingerprint density at radius 3 is 2.92 bits per heavy atom. The summed E-state index contributed by atoms with van der Waals surface area (Å²) in [6, 6.07) is 6.59. The molecule has 1 aliphatic heterocycles. The van der Waals surface area contributed by atoms with E-state index in [1.807, 2.05) is 0 Å². The van der Waals surface area contributed by atoms with E-state index in [0.717, 1.165) is 24.0 Å². The fourth-order valence-electron chi connectivity index (χ4n) is 4.39. The van der Waals surface area contributed by atoms with Gasteiger partial charge in [-0.1, -0.05) is 0 Å². The molecule has 2 aromatic heterocycles. The Morgan fingerprint density at radius 1 is 1.31 bits per heavy atom. The summed E-state index contributed by atoms with van der Waals surface area (Å²) in [6.07, 6.45) is 5.95. The molecule has 4 N–H and O–H groups in total. The van der Waals surface area contributed by atoms with E-state index in [-0.39, 0.29) is 30.9 Å². The molecule has 1 aromatic carbocycles. The van der Waals surface area contributed by atoms with Crippen LogP contribution in [-0.2, 0) is 19.6 Å². The zero-order valence-corrected chi connectivity index (χ0v) is 20.1. The monoisotopic (exact) mass is 495 g/mol. The van der Waals surface area contributed by atoms with E-state index in [4.69, 9.17) is 9.15 Å². The third kappa shape index (κ3) is 5.50. The molecule has 3 aromatic rings. The largest absolute Gasteiger partial charge is 0.482 e. The minimum absolute atomic E-state index is 0.0692. The summed E-state index contributed by atoms with van der Waals surface area (Å²) < 4.78 is 25.5. The molecule has 10 heteroatoms. The van der Waals surface area contributed by atoms with Crippen molar-refractivity contribution in [2.24, 2.45) is 0 Å². The van der Waals surface area contributed by atoms with Gasteiger partial charge in [0.05, 0.1) is 11.8 Å². The molecular weight excluding hydrogens is 465 g/mol. The zero-order chi connectivity index (χ0) is 25.1. The quantitative estimate of drug-likeness (QED) is 0.358. The van der Waals surface area contributed by atoms with Crippen LogP contribution in [0, 0.1) is 12.7 Å². The molecule has 1 saturated carbocycles. The highest BCUT2D eigenvalue weighted by atomic mass is 19.1. The number of aromatic nitrogens is 2. The predicted molar refractivity (Wildman–Crippen MR) is 130 cm³/mol. The Bertz CT molecular complexity index is 1230. The standard InChI is InChI=1S/C26H30FN5O4/c1-15-24(36-14-31-15)13-35-23-9-18-11-29-21(8-17(18)7-20(23)27)22(33)12-30-26(34)16-5-6-28-25(10-16)32-19-3-2-4-19/h5-7,9-10,14,19,21-22,29,33H,2-4,8,11-13H2,1H3,(H,28,32)(H,30,34)/t21-,22+/m0/s1. The molecule has 1 aliphatic carbocycles. The van der Waals surface area contributed by atoms with E-state index in [2.05, 4.69) is 25.9 Å². The SMILES string of the molecule is Cc1ncoc1COc1cc2c(cc1F)C[C@@H]([C@H](O)CNC(=O)c1ccnc(NC3CCC3)c1)NC2. The van der Waals surface area contributed by atoms with E-state index < -0.39 is 11.9 Å². The Balaban J connectivity index is 1.14. The van der Waals surface area contributed by atoms with Gasteiger partial charge in [0, 0.05) is 36.9 Å². The number of rotatable bonds is 9. The molecule has 0 radical (unpaired) electrons. The smallest absolute Gasteiger partial charge is 0.251 e. The second-order valence-corrected chi connectivity index (χ2v) is 9.37. The van der Waals surface area contributed by atoms with Crippen molar-refractivity contribution in [3.05, 3.63) is 70.8 Å². The fraction of sp³-hybridized carbons (Fsp3) is 0.423. The summed E-state index contributed by atoms with van der Waals surface area (Å²) in [5, 5.41) is 20.1. The number of pyridine rings is 1. The molecule has 2 aliphatic rings. The number of aryl methyl sites for hydroxylation is 1. The number of aliphatic hydroxyl groups is 1. The van der Waals surface area contributed by atoms with Gasteiger partial charge in [-0.25, -0.2) is 14.4 Å². The molecule has 0 spiro atoms. The Kier molecular flexibility index (Phi) is 7.15. The first kappa shape index (κ1) is 24.2. The number of nitrogens with one attached hydrogen (secondary N) is 3. The number of benzene rings is 1. The van der Waals surface area contributed by atoms with Gasteiger partial charge in [0.2, 0.25) is 0 Å². The number of ether oxygens (including phenoxy) is 1. The van der Waals surface area contributed by atoms with Crippen LogP contribution in [0.25, 0.3) is 0 Å². The van der Waals surface area contributed by atoms with Gasteiger partial charge in [-0.3, -0.25) is 4.79 Å². The van der Waals surface area contributed by atoms with Crippen molar-refractivity contribution in [2.75, 3.05) is 11.9 Å². The summed E-state index contributed by atoms with van der Waals surface area (Å²) in [6.45, 7) is 2.40. The van der Waals surface area contributed by atoms with E-state index >= 15 is 0 Å². The number of nitrogens with zero attached hydrogens (tertiary/aromatic N) is 2. The van der Waals surface area contributed by atoms with Crippen LogP contribution in [0.2, 0.25) is 0 Å². The van der Waals surface area contributed by atoms with Gasteiger partial charge in [-0.05, 0) is 68.0 Å². The molecule has 0 unspecified atom stereocenters. The number of fused-ring (bicyclic) bond motifs is 1. The minimum atomic E-state index is -0.843. The third-order valence-corrected chi connectivity index (χ3v) is 6.87. The number of anilines is 1. The van der Waals surface area contributed by atoms with Crippen molar-refractivity contribution in [1.29, 1.82) is 0 Å². The highest BCUT2D eigenvalue weighted by Gasteiger charge is 2.27. The van der Waals surface area contributed by atoms with Crippen molar-refractivity contribution >= 4 is 11.7 Å². The summed E-state index contributed by atoms with van der Waals surface area (Å²) >= 11 is 0. The lowest BCUT2D eigenvalue weighted by atomic mass is 9.92. The van der Waals surface area contributed by atoms with Crippen molar-refractivity contribution < 1.29 is 23.4 Å². The van der Waals surface area contributed by atoms with Gasteiger partial charge >= 0.3 is 0 Å². The first-order valence-corrected chi connectivity index (χ1v) is 12.2. The number of oxazole rings is 1. The van der Waals surface area contributed by atoms with Crippen LogP contribution in [0.1, 0.15) is 52.2 Å². The molecule has 0 saturated heterocycles. The van der Waals surface area contributed by atoms with Gasteiger partial charge in [-0.15, -0.1) is 0 Å². The predicted octanol–water partition coefficient (Wildman–Crippen LogP) is 2.87. The number of carbonyl (C=O) groups is 1. The Labute approximate surface area is 208 Å². The molecule has 190 valence electrons. The molecule has 36 heavy (non-hydrogen) atoms. The van der Waals surface area contributed by atoms with Gasteiger partial charge in [-0.2, -0.15) is 0 Å². The van der Waals surface area contributed by atoms with Crippen LogP contribution >= 0.6 is 0 Å². The molecule has 1 fully saturated rings. The second kappa shape index (κ2) is 10.6. The molecule has 3 heterocycles. The van der Waals surface area contributed by atoms with Gasteiger partial charge < -0.3 is 30.2 Å². The number of halogens is 1. The second-order valence-electron chi connectivity index (χ2n) is 9.37. The van der Waals surface area contributed by atoms with E-state index in [9.17, 15) is 14.3 Å². The number of hydrogen-bond donors (Lipinski definition) is 4. The summed E-state index contributed by atoms with van der Waals surface area (Å²) in [5.41, 5.74) is 2.88. The van der Waals surface area contributed by atoms with Crippen molar-refractivity contribution in [1.82, 2.24) is 20.6 Å². The van der Waals surface area contributed by atoms with Crippen LogP contribution in [0.5, 0.6) is 5.75 Å². The summed E-state index contributed by atoms with van der Waals surface area (Å²) in [5.74, 6) is 0.617. The molecule has 0 bridgehead atoms. The average molecular weight is 496 g/mol. The Morgan fingerprint density at radius 2 is 2.17 bits per heavy atom. The maximum atomic E-state index is 14.7. The van der Waals surface area contributed by atoms with Gasteiger partial charge in [0.1, 0.15) is 12.4 Å². The molecule has 5 rings (SSSR count). The third-order valence-electron chi connectivity index (χ3n) is 6.87. The number of hydrogen-bond acceptors (Lipinski definition) is 8. The van der Waals surface area contributed by atoms with Crippen LogP contribution in [0.4, 0.5) is 10.2 Å². The highest BCUT2D eigenvalue weighted by Crippen LogP contribution is 2.28. The number of carbonyl (C=O) groups excluding carboxylic acids is 1. The van der Waals surface area contributed by atoms with Gasteiger partial charge in [0.25, 0.3) is 5.91 Å². The first-order valence-electron chi connectivity index (χ1n) is 12.2. The summed E-state index contributed by atoms with van der Waals surface area (Å²) in [4.78, 5) is 20.9. The summed E-state index contributed by atoms with van der Waals surface area (Å²) in [7, 11) is 0. The maximum absolute atomic E-state index is 14.7. The normalized spacial score (nSPS) is 18.1. The zero-order valence-electron chi connectivity index (χ0n) is 20.1. The van der Waals surface area contributed by atoms with Crippen LogP contribution in [0.3, 0.4) is 0 Å². The maximum Gasteiger partial charge on any atom is 0.251 e. The topological polar surface area (TPSA) is 122 Å². The fourth-order valence-corrected chi connectivity index (χ4v) is 4.39. The molecule has 1 amide bonds. The minimum Gasteiger partial charge on any atom is -0.482 e. The first-order chi connectivity index (χ1) is 17.5. The lowest BCUT2D eigenvalue weighted by Gasteiger charge is -2.30. The van der Waals surface area contributed by atoms with E-state index in [1.165, 1.54) is 18.9 Å². The molecule has 2 atom stereocenters. The average Bonchev–Trinajstić information content (AvgIpc) is 3.27. The van der Waals surface area contributed by atoms with Crippen LogP contribution in [-0.4, -0.2) is 45.7 Å². The van der Waals surface area contributed by atoms with Crippen molar-refractivity contribution in [3.63, 3.8) is 0 Å². The van der Waals surface area contributed by atoms with Crippen molar-refractivity contribution in [3.8, 4) is 5.75 Å². The van der Waals surface area contributed by atoms with Gasteiger partial charge in [0.15, 0.2) is 23.7 Å². The Hall–Kier alpha value is -3.50. The van der Waals surface area contributed by atoms with Crippen molar-refractivity contribution in [2.45, 2.75) is 63.9 Å². The number of aliphatic hydroxyl groups excluding tert-OH is 1. The highest BCUT2D eigenvalue weighted by molar-refractivity contribution is 5.94. The van der Waals surface area contributed by atoms with E-state index in [0.29, 0.717) is 41.8 Å². The van der Waals surface area contributed by atoms with Crippen LogP contribution < -0.4 is 20.7 Å². The van der Waals surface area contributed by atoms with Crippen LogP contribution in [0.15, 0.2) is 41.3 Å². The van der Waals surface area contributed by atoms with E-state index in [1.54, 1.807) is 31.3 Å². The molecule has 9 nitrogen and oxygen atoms in total. The lowest BCUT2D eigenvalue weighted by molar-refractivity contribution is 0.0869. The lowest BCUT2D eigenvalue weighted by Crippen LogP contribution is -2.49.